The Balaban J connectivity index is 1.84. The van der Waals surface area contributed by atoms with Crippen LogP contribution in [0.25, 0.3) is 0 Å². The van der Waals surface area contributed by atoms with Crippen molar-refractivity contribution in [3.05, 3.63) is 53.3 Å². The highest BCUT2D eigenvalue weighted by atomic mass is 19.1. The van der Waals surface area contributed by atoms with Crippen molar-refractivity contribution >= 4 is 0 Å². The first-order chi connectivity index (χ1) is 12.2. The molecule has 0 amide bonds. The van der Waals surface area contributed by atoms with Gasteiger partial charge in [0.25, 0.3) is 0 Å². The molecule has 4 nitrogen and oxygen atoms in total. The van der Waals surface area contributed by atoms with Gasteiger partial charge in [-0.3, -0.25) is 4.90 Å². The number of methoxy groups -OCH3 is 3. The molecule has 134 valence electrons. The average Bonchev–Trinajstić information content (AvgIpc) is 3.09. The van der Waals surface area contributed by atoms with Crippen molar-refractivity contribution in [3.63, 3.8) is 0 Å². The van der Waals surface area contributed by atoms with Gasteiger partial charge in [-0.25, -0.2) is 4.39 Å². The van der Waals surface area contributed by atoms with E-state index < -0.39 is 0 Å². The Kier molecular flexibility index (Phi) is 5.43. The highest BCUT2D eigenvalue weighted by Gasteiger charge is 2.26. The van der Waals surface area contributed by atoms with E-state index in [1.165, 1.54) is 12.1 Å². The first-order valence-electron chi connectivity index (χ1n) is 8.44. The molecule has 0 aliphatic carbocycles. The summed E-state index contributed by atoms with van der Waals surface area (Å²) in [7, 11) is 4.85. The fourth-order valence-electron chi connectivity index (χ4n) is 3.54. The van der Waals surface area contributed by atoms with E-state index in [1.54, 1.807) is 21.3 Å². The highest BCUT2D eigenvalue weighted by Crippen LogP contribution is 2.40. The molecule has 5 heteroatoms. The third kappa shape index (κ3) is 3.71. The maximum absolute atomic E-state index is 13.2. The minimum Gasteiger partial charge on any atom is -0.493 e. The van der Waals surface area contributed by atoms with Crippen LogP contribution in [0.4, 0.5) is 4.39 Å². The second-order valence-corrected chi connectivity index (χ2v) is 6.21. The van der Waals surface area contributed by atoms with E-state index >= 15 is 0 Å². The summed E-state index contributed by atoms with van der Waals surface area (Å²) in [4.78, 5) is 2.41. The third-order valence-electron chi connectivity index (χ3n) is 4.73. The van der Waals surface area contributed by atoms with Crippen molar-refractivity contribution in [2.75, 3.05) is 27.9 Å². The van der Waals surface area contributed by atoms with Crippen molar-refractivity contribution in [3.8, 4) is 17.2 Å². The molecule has 3 rings (SSSR count). The third-order valence-corrected chi connectivity index (χ3v) is 4.73. The maximum atomic E-state index is 13.2. The molecule has 0 radical (unpaired) electrons. The topological polar surface area (TPSA) is 30.9 Å². The summed E-state index contributed by atoms with van der Waals surface area (Å²) in [5.41, 5.74) is 2.26. The van der Waals surface area contributed by atoms with E-state index in [0.717, 1.165) is 37.1 Å². The van der Waals surface area contributed by atoms with Crippen molar-refractivity contribution in [1.82, 2.24) is 4.90 Å². The fourth-order valence-corrected chi connectivity index (χ4v) is 3.54. The number of ether oxygens (including phenoxy) is 3. The monoisotopic (exact) mass is 345 g/mol. The van der Waals surface area contributed by atoms with E-state index in [4.69, 9.17) is 14.2 Å². The van der Waals surface area contributed by atoms with Crippen LogP contribution in [0.1, 0.15) is 30.0 Å². The Labute approximate surface area is 148 Å². The summed E-state index contributed by atoms with van der Waals surface area (Å²) >= 11 is 0. The summed E-state index contributed by atoms with van der Waals surface area (Å²) in [5.74, 6) is 1.73. The first-order valence-corrected chi connectivity index (χ1v) is 8.44. The lowest BCUT2D eigenvalue weighted by Gasteiger charge is -2.25. The van der Waals surface area contributed by atoms with Crippen LogP contribution in [0.5, 0.6) is 17.2 Å². The van der Waals surface area contributed by atoms with Crippen LogP contribution in [0.3, 0.4) is 0 Å². The quantitative estimate of drug-likeness (QED) is 0.785. The SMILES string of the molecule is COc1cc(CN2CCCC2c2ccc(F)cc2)cc(OC)c1OC. The van der Waals surface area contributed by atoms with E-state index in [2.05, 4.69) is 4.90 Å². The van der Waals surface area contributed by atoms with Gasteiger partial charge in [-0.15, -0.1) is 0 Å². The zero-order valence-electron chi connectivity index (χ0n) is 14.9. The Morgan fingerprint density at radius 3 is 2.20 bits per heavy atom. The lowest BCUT2D eigenvalue weighted by molar-refractivity contribution is 0.247. The molecule has 25 heavy (non-hydrogen) atoms. The van der Waals surface area contributed by atoms with Crippen molar-refractivity contribution < 1.29 is 18.6 Å². The Hall–Kier alpha value is -2.27. The van der Waals surface area contributed by atoms with Crippen LogP contribution in [-0.4, -0.2) is 32.8 Å². The molecule has 2 aromatic rings. The van der Waals surface area contributed by atoms with Gasteiger partial charge in [-0.1, -0.05) is 12.1 Å². The Bertz CT molecular complexity index is 692. The van der Waals surface area contributed by atoms with Gasteiger partial charge in [-0.2, -0.15) is 0 Å². The first kappa shape index (κ1) is 17.5. The van der Waals surface area contributed by atoms with Crippen LogP contribution in [-0.2, 0) is 6.54 Å². The smallest absolute Gasteiger partial charge is 0.203 e. The van der Waals surface area contributed by atoms with Crippen LogP contribution in [0.2, 0.25) is 0 Å². The van der Waals surface area contributed by atoms with E-state index in [9.17, 15) is 4.39 Å². The highest BCUT2D eigenvalue weighted by molar-refractivity contribution is 5.53. The minimum atomic E-state index is -0.196. The van der Waals surface area contributed by atoms with Gasteiger partial charge in [0.1, 0.15) is 5.82 Å². The number of halogens is 1. The van der Waals surface area contributed by atoms with Crippen LogP contribution >= 0.6 is 0 Å². The van der Waals surface area contributed by atoms with E-state index in [-0.39, 0.29) is 5.82 Å². The molecule has 1 unspecified atom stereocenters. The van der Waals surface area contributed by atoms with Gasteiger partial charge in [-0.05, 0) is 54.8 Å². The second kappa shape index (κ2) is 7.74. The molecule has 2 aromatic carbocycles. The van der Waals surface area contributed by atoms with Crippen LogP contribution < -0.4 is 14.2 Å². The number of hydrogen-bond donors (Lipinski definition) is 0. The van der Waals surface area contributed by atoms with E-state index in [0.29, 0.717) is 23.3 Å². The van der Waals surface area contributed by atoms with Gasteiger partial charge in [0, 0.05) is 12.6 Å². The Morgan fingerprint density at radius 1 is 1.00 bits per heavy atom. The molecule has 0 N–H and O–H groups in total. The molecule has 0 bridgehead atoms. The summed E-state index contributed by atoms with van der Waals surface area (Å²) in [6, 6.07) is 11.1. The minimum absolute atomic E-state index is 0.196. The van der Waals surface area contributed by atoms with Gasteiger partial charge in [0.15, 0.2) is 11.5 Å². The standard InChI is InChI=1S/C20H24FNO3/c1-23-18-11-14(12-19(24-2)20(18)25-3)13-22-10-4-5-17(22)15-6-8-16(21)9-7-15/h6-9,11-12,17H,4-5,10,13H2,1-3H3. The number of nitrogens with zero attached hydrogens (tertiary/aromatic N) is 1. The predicted molar refractivity (Wildman–Crippen MR) is 94.9 cm³/mol. The molecule has 1 aliphatic rings. The van der Waals surface area contributed by atoms with Crippen LogP contribution in [0, 0.1) is 5.82 Å². The number of rotatable bonds is 6. The molecular formula is C20H24FNO3. The normalized spacial score (nSPS) is 17.5. The Morgan fingerprint density at radius 2 is 1.64 bits per heavy atom. The molecule has 1 aliphatic heterocycles. The number of likely N-dealkylation sites (tertiary alicyclic amines) is 1. The largest absolute Gasteiger partial charge is 0.493 e. The molecular weight excluding hydrogens is 321 g/mol. The number of benzene rings is 2. The fraction of sp³-hybridized carbons (Fsp3) is 0.400. The van der Waals surface area contributed by atoms with Crippen molar-refractivity contribution in [2.45, 2.75) is 25.4 Å². The second-order valence-electron chi connectivity index (χ2n) is 6.21. The summed E-state index contributed by atoms with van der Waals surface area (Å²) in [5, 5.41) is 0. The molecule has 1 heterocycles. The van der Waals surface area contributed by atoms with E-state index in [1.807, 2.05) is 24.3 Å². The molecule has 0 spiro atoms. The molecule has 1 saturated heterocycles. The van der Waals surface area contributed by atoms with Crippen molar-refractivity contribution in [2.24, 2.45) is 0 Å². The molecule has 0 aromatic heterocycles. The zero-order chi connectivity index (χ0) is 17.8. The van der Waals surface area contributed by atoms with Gasteiger partial charge in [0.05, 0.1) is 21.3 Å². The van der Waals surface area contributed by atoms with Gasteiger partial charge in [0.2, 0.25) is 5.75 Å². The van der Waals surface area contributed by atoms with Gasteiger partial charge >= 0.3 is 0 Å². The zero-order valence-corrected chi connectivity index (χ0v) is 14.9. The molecule has 1 fully saturated rings. The summed E-state index contributed by atoms with van der Waals surface area (Å²) in [6.45, 7) is 1.79. The number of hydrogen-bond acceptors (Lipinski definition) is 4. The predicted octanol–water partition coefficient (Wildman–Crippen LogP) is 4.19. The maximum Gasteiger partial charge on any atom is 0.203 e. The summed E-state index contributed by atoms with van der Waals surface area (Å²) < 4.78 is 29.5. The molecule has 0 saturated carbocycles. The van der Waals surface area contributed by atoms with Crippen molar-refractivity contribution in [1.29, 1.82) is 0 Å². The lowest BCUT2D eigenvalue weighted by Crippen LogP contribution is -2.22. The lowest BCUT2D eigenvalue weighted by atomic mass is 10.0. The summed E-state index contributed by atoms with van der Waals surface area (Å²) in [6.07, 6.45) is 2.21. The van der Waals surface area contributed by atoms with Crippen LogP contribution in [0.15, 0.2) is 36.4 Å². The van der Waals surface area contributed by atoms with Gasteiger partial charge < -0.3 is 14.2 Å². The average molecular weight is 345 g/mol. The molecule has 1 atom stereocenters.